The zero-order valence-corrected chi connectivity index (χ0v) is 11.2. The molecule has 0 bridgehead atoms. The van der Waals surface area contributed by atoms with Crippen molar-refractivity contribution in [3.63, 3.8) is 0 Å². The average Bonchev–Trinajstić information content (AvgIpc) is 2.42. The number of carbonyl (C=O) groups excluding carboxylic acids is 1. The summed E-state index contributed by atoms with van der Waals surface area (Å²) in [6.07, 6.45) is 5.89. The molecule has 1 aliphatic rings. The number of anilines is 1. The molecule has 2 N–H and O–H groups in total. The van der Waals surface area contributed by atoms with Gasteiger partial charge in [-0.05, 0) is 37.8 Å². The number of halogens is 1. The number of hydrogen-bond acceptors (Lipinski definition) is 3. The van der Waals surface area contributed by atoms with Crippen LogP contribution in [0.1, 0.15) is 48.0 Å². The third-order valence-corrected chi connectivity index (χ3v) is 3.80. The van der Waals surface area contributed by atoms with Gasteiger partial charge in [-0.1, -0.05) is 19.3 Å². The molecule has 0 saturated heterocycles. The number of nitrogens with two attached hydrogens (primary N) is 1. The summed E-state index contributed by atoms with van der Waals surface area (Å²) in [6.45, 7) is 2.01. The van der Waals surface area contributed by atoms with Gasteiger partial charge in [-0.2, -0.15) is 0 Å². The fraction of sp³-hybridized carbons (Fsp3) is 0.533. The third kappa shape index (κ3) is 3.46. The molecule has 0 heterocycles. The minimum atomic E-state index is -0.490. The van der Waals surface area contributed by atoms with Gasteiger partial charge in [-0.3, -0.25) is 0 Å². The van der Waals surface area contributed by atoms with Crippen molar-refractivity contribution in [1.82, 2.24) is 0 Å². The number of benzene rings is 1. The molecule has 0 spiro atoms. The number of ether oxygens (including phenoxy) is 1. The van der Waals surface area contributed by atoms with Gasteiger partial charge in [-0.15, -0.1) is 0 Å². The highest BCUT2D eigenvalue weighted by atomic mass is 19.1. The van der Waals surface area contributed by atoms with Crippen LogP contribution >= 0.6 is 0 Å². The van der Waals surface area contributed by atoms with Gasteiger partial charge < -0.3 is 10.5 Å². The first-order valence-electron chi connectivity index (χ1n) is 6.80. The molecular weight excluding hydrogens is 245 g/mol. The second kappa shape index (κ2) is 6.04. The zero-order chi connectivity index (χ0) is 13.8. The fourth-order valence-electron chi connectivity index (χ4n) is 2.45. The molecule has 3 nitrogen and oxygen atoms in total. The van der Waals surface area contributed by atoms with Crippen molar-refractivity contribution in [2.45, 2.75) is 39.0 Å². The van der Waals surface area contributed by atoms with Crippen LogP contribution in [0, 0.1) is 18.7 Å². The summed E-state index contributed by atoms with van der Waals surface area (Å²) in [5.74, 6) is -0.508. The molecule has 1 aliphatic carbocycles. The Kier molecular flexibility index (Phi) is 4.40. The molecule has 0 aromatic heterocycles. The maximum Gasteiger partial charge on any atom is 0.338 e. The van der Waals surface area contributed by atoms with E-state index < -0.39 is 11.8 Å². The van der Waals surface area contributed by atoms with Crippen LogP contribution in [0.25, 0.3) is 0 Å². The standard InChI is InChI=1S/C15H20FNO2/c1-10-13(16)7-12(8-14(10)17)15(18)19-9-11-5-3-2-4-6-11/h7-8,11H,2-6,9,17H2,1H3. The van der Waals surface area contributed by atoms with Gasteiger partial charge in [0.2, 0.25) is 0 Å². The van der Waals surface area contributed by atoms with Crippen molar-refractivity contribution in [2.24, 2.45) is 5.92 Å². The summed E-state index contributed by atoms with van der Waals surface area (Å²) in [4.78, 5) is 11.9. The van der Waals surface area contributed by atoms with Crippen molar-refractivity contribution in [1.29, 1.82) is 0 Å². The number of nitrogen functional groups attached to an aromatic ring is 1. The molecule has 1 aromatic carbocycles. The predicted octanol–water partition coefficient (Wildman–Crippen LogP) is 3.45. The Morgan fingerprint density at radius 2 is 2.05 bits per heavy atom. The molecule has 1 aromatic rings. The monoisotopic (exact) mass is 265 g/mol. The Morgan fingerprint density at radius 1 is 1.37 bits per heavy atom. The normalized spacial score (nSPS) is 16.3. The van der Waals surface area contributed by atoms with Crippen LogP contribution in [0.5, 0.6) is 0 Å². The quantitative estimate of drug-likeness (QED) is 0.672. The predicted molar refractivity (Wildman–Crippen MR) is 72.4 cm³/mol. The first kappa shape index (κ1) is 13.8. The highest BCUT2D eigenvalue weighted by Crippen LogP contribution is 2.24. The van der Waals surface area contributed by atoms with E-state index in [2.05, 4.69) is 0 Å². The van der Waals surface area contributed by atoms with Crippen molar-refractivity contribution >= 4 is 11.7 Å². The summed E-state index contributed by atoms with van der Waals surface area (Å²) in [7, 11) is 0. The van der Waals surface area contributed by atoms with E-state index in [-0.39, 0.29) is 11.3 Å². The van der Waals surface area contributed by atoms with Crippen LogP contribution in [0.4, 0.5) is 10.1 Å². The Hall–Kier alpha value is -1.58. The summed E-state index contributed by atoms with van der Waals surface area (Å²) in [6, 6.07) is 2.66. The van der Waals surface area contributed by atoms with E-state index in [4.69, 9.17) is 10.5 Å². The molecule has 4 heteroatoms. The summed E-state index contributed by atoms with van der Waals surface area (Å²) < 4.78 is 18.8. The van der Waals surface area contributed by atoms with Gasteiger partial charge >= 0.3 is 5.97 Å². The molecule has 2 rings (SSSR count). The minimum absolute atomic E-state index is 0.191. The molecule has 0 radical (unpaired) electrons. The zero-order valence-electron chi connectivity index (χ0n) is 11.2. The average molecular weight is 265 g/mol. The van der Waals surface area contributed by atoms with E-state index in [0.717, 1.165) is 12.8 Å². The molecule has 0 unspecified atom stereocenters. The van der Waals surface area contributed by atoms with E-state index in [1.54, 1.807) is 6.92 Å². The Labute approximate surface area is 112 Å². The lowest BCUT2D eigenvalue weighted by Crippen LogP contribution is -2.17. The lowest BCUT2D eigenvalue weighted by molar-refractivity contribution is 0.0410. The van der Waals surface area contributed by atoms with Crippen LogP contribution in [-0.4, -0.2) is 12.6 Å². The van der Waals surface area contributed by atoms with Crippen molar-refractivity contribution in [3.05, 3.63) is 29.1 Å². The number of carbonyl (C=O) groups is 1. The van der Waals surface area contributed by atoms with Crippen molar-refractivity contribution in [2.75, 3.05) is 12.3 Å². The highest BCUT2D eigenvalue weighted by Gasteiger charge is 2.17. The summed E-state index contributed by atoms with van der Waals surface area (Å²) in [5, 5.41) is 0. The number of rotatable bonds is 3. The van der Waals surface area contributed by atoms with E-state index >= 15 is 0 Å². The molecule has 0 amide bonds. The van der Waals surface area contributed by atoms with Gasteiger partial charge in [-0.25, -0.2) is 9.18 Å². The Bertz CT molecular complexity index is 444. The third-order valence-electron chi connectivity index (χ3n) is 3.80. The van der Waals surface area contributed by atoms with E-state index in [0.29, 0.717) is 18.1 Å². The van der Waals surface area contributed by atoms with Crippen LogP contribution in [0.3, 0.4) is 0 Å². The first-order chi connectivity index (χ1) is 9.08. The second-order valence-corrected chi connectivity index (χ2v) is 5.27. The molecular formula is C15H20FNO2. The Morgan fingerprint density at radius 3 is 2.68 bits per heavy atom. The van der Waals surface area contributed by atoms with E-state index in [9.17, 15) is 9.18 Å². The van der Waals surface area contributed by atoms with E-state index in [1.807, 2.05) is 0 Å². The molecule has 104 valence electrons. The number of esters is 1. The van der Waals surface area contributed by atoms with Gasteiger partial charge in [0.1, 0.15) is 5.82 Å². The lowest BCUT2D eigenvalue weighted by Gasteiger charge is -2.21. The van der Waals surface area contributed by atoms with Gasteiger partial charge in [0, 0.05) is 11.3 Å². The summed E-state index contributed by atoms with van der Waals surface area (Å²) in [5.41, 5.74) is 6.49. The van der Waals surface area contributed by atoms with Gasteiger partial charge in [0.15, 0.2) is 0 Å². The van der Waals surface area contributed by atoms with Crippen molar-refractivity contribution < 1.29 is 13.9 Å². The fourth-order valence-corrected chi connectivity index (χ4v) is 2.45. The van der Waals surface area contributed by atoms with Crippen LogP contribution in [0.15, 0.2) is 12.1 Å². The highest BCUT2D eigenvalue weighted by molar-refractivity contribution is 5.90. The number of hydrogen-bond donors (Lipinski definition) is 1. The minimum Gasteiger partial charge on any atom is -0.462 e. The van der Waals surface area contributed by atoms with Crippen LogP contribution < -0.4 is 5.73 Å². The molecule has 0 atom stereocenters. The van der Waals surface area contributed by atoms with E-state index in [1.165, 1.54) is 31.4 Å². The molecule has 0 aliphatic heterocycles. The smallest absolute Gasteiger partial charge is 0.338 e. The first-order valence-corrected chi connectivity index (χ1v) is 6.80. The maximum atomic E-state index is 13.5. The van der Waals surface area contributed by atoms with Gasteiger partial charge in [0.05, 0.1) is 12.2 Å². The Balaban J connectivity index is 1.96. The second-order valence-electron chi connectivity index (χ2n) is 5.27. The van der Waals surface area contributed by atoms with Gasteiger partial charge in [0.25, 0.3) is 0 Å². The topological polar surface area (TPSA) is 52.3 Å². The molecule has 19 heavy (non-hydrogen) atoms. The SMILES string of the molecule is Cc1c(N)cc(C(=O)OCC2CCCCC2)cc1F. The van der Waals surface area contributed by atoms with Crippen LogP contribution in [0.2, 0.25) is 0 Å². The van der Waals surface area contributed by atoms with Crippen molar-refractivity contribution in [3.8, 4) is 0 Å². The van der Waals surface area contributed by atoms with Crippen LogP contribution in [-0.2, 0) is 4.74 Å². The molecule has 1 saturated carbocycles. The summed E-state index contributed by atoms with van der Waals surface area (Å²) >= 11 is 0. The lowest BCUT2D eigenvalue weighted by atomic mass is 9.90. The maximum absolute atomic E-state index is 13.5. The largest absolute Gasteiger partial charge is 0.462 e. The molecule has 1 fully saturated rings.